The number of nitrogens with zero attached hydrogens (tertiary/aromatic N) is 2. The van der Waals surface area contributed by atoms with E-state index in [1.54, 1.807) is 25.1 Å². The van der Waals surface area contributed by atoms with E-state index in [-0.39, 0.29) is 11.5 Å². The molecule has 0 spiro atoms. The number of carboxylic acids is 1. The van der Waals surface area contributed by atoms with E-state index in [1.807, 2.05) is 13.8 Å². The number of hydrogen-bond acceptors (Lipinski definition) is 5. The molecule has 6 nitrogen and oxygen atoms in total. The molecule has 2 N–H and O–H groups in total. The Labute approximate surface area is 160 Å². The van der Waals surface area contributed by atoms with Crippen LogP contribution in [-0.2, 0) is 11.2 Å². The van der Waals surface area contributed by atoms with Crippen molar-refractivity contribution >= 4 is 34.7 Å². The lowest BCUT2D eigenvalue weighted by Crippen LogP contribution is -2.27. The molecule has 1 atom stereocenters. The Balaban J connectivity index is 2.25. The fourth-order valence-corrected chi connectivity index (χ4v) is 3.69. The van der Waals surface area contributed by atoms with E-state index in [1.165, 1.54) is 0 Å². The van der Waals surface area contributed by atoms with Crippen LogP contribution >= 0.6 is 23.2 Å². The number of aryl methyl sites for hydroxylation is 1. The monoisotopic (exact) mass is 393 g/mol. The van der Waals surface area contributed by atoms with Crippen molar-refractivity contribution in [2.45, 2.75) is 33.1 Å². The number of halogens is 2. The van der Waals surface area contributed by atoms with Crippen molar-refractivity contribution in [3.05, 3.63) is 62.5 Å². The van der Waals surface area contributed by atoms with Crippen molar-refractivity contribution in [3.8, 4) is 0 Å². The Morgan fingerprint density at radius 1 is 1.23 bits per heavy atom. The molecule has 1 aromatic heterocycles. The van der Waals surface area contributed by atoms with Gasteiger partial charge in [0.1, 0.15) is 0 Å². The van der Waals surface area contributed by atoms with E-state index in [9.17, 15) is 9.90 Å². The number of aliphatic carboxylic acids is 1. The zero-order chi connectivity index (χ0) is 19.0. The van der Waals surface area contributed by atoms with Gasteiger partial charge in [-0.1, -0.05) is 35.3 Å². The number of rotatable bonds is 4. The van der Waals surface area contributed by atoms with Crippen LogP contribution < -0.4 is 5.32 Å². The molecule has 2 heterocycles. The predicted octanol–water partition coefficient (Wildman–Crippen LogP) is 4.42. The van der Waals surface area contributed by atoms with E-state index in [0.29, 0.717) is 39.1 Å². The molecule has 0 bridgehead atoms. The van der Waals surface area contributed by atoms with Gasteiger partial charge in [-0.25, -0.2) is 4.79 Å². The summed E-state index contributed by atoms with van der Waals surface area (Å²) in [6, 6.07) is 5.00. The highest BCUT2D eigenvalue weighted by Crippen LogP contribution is 2.44. The van der Waals surface area contributed by atoms with Crippen LogP contribution in [0, 0.1) is 0 Å². The maximum atomic E-state index is 12.0. The summed E-state index contributed by atoms with van der Waals surface area (Å²) >= 11 is 12.3. The summed E-state index contributed by atoms with van der Waals surface area (Å²) in [7, 11) is 0. The molecule has 26 heavy (non-hydrogen) atoms. The first kappa shape index (κ1) is 18.5. The van der Waals surface area contributed by atoms with Crippen LogP contribution in [0.25, 0.3) is 5.57 Å². The summed E-state index contributed by atoms with van der Waals surface area (Å²) in [6.45, 7) is 5.47. The molecule has 136 valence electrons. The Morgan fingerprint density at radius 3 is 2.42 bits per heavy atom. The lowest BCUT2D eigenvalue weighted by atomic mass is 9.80. The molecular formula is C18H17Cl2N3O3. The van der Waals surface area contributed by atoms with Crippen LogP contribution in [-0.4, -0.2) is 21.2 Å². The van der Waals surface area contributed by atoms with Crippen molar-refractivity contribution in [3.63, 3.8) is 0 Å². The maximum absolute atomic E-state index is 12.0. The van der Waals surface area contributed by atoms with E-state index in [2.05, 4.69) is 15.5 Å². The first-order valence-electron chi connectivity index (χ1n) is 8.02. The van der Waals surface area contributed by atoms with Gasteiger partial charge in [0, 0.05) is 33.4 Å². The van der Waals surface area contributed by atoms with Crippen molar-refractivity contribution in [1.82, 2.24) is 15.5 Å². The third-order valence-corrected chi connectivity index (χ3v) is 4.66. The highest BCUT2D eigenvalue weighted by atomic mass is 35.5. The van der Waals surface area contributed by atoms with Gasteiger partial charge < -0.3 is 14.9 Å². The molecule has 0 fully saturated rings. The van der Waals surface area contributed by atoms with Crippen LogP contribution in [0.4, 0.5) is 0 Å². The van der Waals surface area contributed by atoms with Crippen molar-refractivity contribution < 1.29 is 14.4 Å². The second-order valence-electron chi connectivity index (χ2n) is 6.01. The summed E-state index contributed by atoms with van der Waals surface area (Å²) in [5.41, 5.74) is 2.69. The molecule has 0 saturated heterocycles. The molecule has 1 aliphatic heterocycles. The normalized spacial score (nSPS) is 17.5. The first-order chi connectivity index (χ1) is 12.3. The Bertz CT molecular complexity index is 927. The third kappa shape index (κ3) is 3.34. The Morgan fingerprint density at radius 2 is 1.88 bits per heavy atom. The number of carboxylic acid groups (broad SMARTS) is 1. The summed E-state index contributed by atoms with van der Waals surface area (Å²) in [6.07, 6.45) is 0.609. The standard InChI is InChI=1S/C18H17Cl2N3O3/c1-4-13-22-17(26-23-13)14-8(2)21-9(3)15(18(24)25)16(14)10-5-11(19)7-12(20)6-10/h5-7,16,21H,4H2,1-3H3,(H,24,25). The molecule has 2 aromatic rings. The fraction of sp³-hybridized carbons (Fsp3) is 0.278. The second-order valence-corrected chi connectivity index (χ2v) is 6.89. The number of nitrogens with one attached hydrogen (secondary N) is 1. The number of allylic oxidation sites excluding steroid dienone is 3. The van der Waals surface area contributed by atoms with E-state index < -0.39 is 11.9 Å². The molecule has 0 amide bonds. The van der Waals surface area contributed by atoms with Crippen LogP contribution in [0.3, 0.4) is 0 Å². The second kappa shape index (κ2) is 7.13. The molecule has 1 aromatic carbocycles. The molecule has 8 heteroatoms. The SMILES string of the molecule is CCc1noc(C2=C(C)NC(C)=C(C(=O)O)C2c2cc(Cl)cc(Cl)c2)n1. The van der Waals surface area contributed by atoms with Crippen molar-refractivity contribution in [2.24, 2.45) is 0 Å². The smallest absolute Gasteiger partial charge is 0.334 e. The molecule has 1 aliphatic rings. The molecule has 0 saturated carbocycles. The van der Waals surface area contributed by atoms with Gasteiger partial charge in [0.05, 0.1) is 11.5 Å². The fourth-order valence-electron chi connectivity index (χ4n) is 3.14. The van der Waals surface area contributed by atoms with E-state index >= 15 is 0 Å². The number of aromatic nitrogens is 2. The van der Waals surface area contributed by atoms with Crippen LogP contribution in [0.15, 0.2) is 39.7 Å². The summed E-state index contributed by atoms with van der Waals surface area (Å²) in [4.78, 5) is 16.4. The number of dihydropyridines is 1. The summed E-state index contributed by atoms with van der Waals surface area (Å²) in [5, 5.41) is 17.7. The maximum Gasteiger partial charge on any atom is 0.334 e. The van der Waals surface area contributed by atoms with Crippen molar-refractivity contribution in [1.29, 1.82) is 0 Å². The summed E-state index contributed by atoms with van der Waals surface area (Å²) < 4.78 is 5.40. The van der Waals surface area contributed by atoms with Gasteiger partial charge in [0.15, 0.2) is 5.82 Å². The molecule has 1 unspecified atom stereocenters. The lowest BCUT2D eigenvalue weighted by molar-refractivity contribution is -0.132. The molecule has 0 radical (unpaired) electrons. The average Bonchev–Trinajstić information content (AvgIpc) is 3.01. The summed E-state index contributed by atoms with van der Waals surface area (Å²) in [5.74, 6) is -0.864. The molecule has 0 aliphatic carbocycles. The third-order valence-electron chi connectivity index (χ3n) is 4.22. The minimum atomic E-state index is -1.05. The predicted molar refractivity (Wildman–Crippen MR) is 98.9 cm³/mol. The van der Waals surface area contributed by atoms with E-state index in [0.717, 1.165) is 5.70 Å². The highest BCUT2D eigenvalue weighted by molar-refractivity contribution is 6.34. The average molecular weight is 394 g/mol. The Hall–Kier alpha value is -2.31. The van der Waals surface area contributed by atoms with Gasteiger partial charge in [0.25, 0.3) is 5.89 Å². The van der Waals surface area contributed by atoms with Gasteiger partial charge in [-0.2, -0.15) is 4.98 Å². The van der Waals surface area contributed by atoms with Gasteiger partial charge in [-0.15, -0.1) is 0 Å². The topological polar surface area (TPSA) is 88.2 Å². The van der Waals surface area contributed by atoms with Crippen LogP contribution in [0.5, 0.6) is 0 Å². The highest BCUT2D eigenvalue weighted by Gasteiger charge is 2.36. The largest absolute Gasteiger partial charge is 0.478 e. The van der Waals surface area contributed by atoms with Crippen LogP contribution in [0.2, 0.25) is 10.0 Å². The zero-order valence-corrected chi connectivity index (χ0v) is 15.9. The quantitative estimate of drug-likeness (QED) is 0.799. The van der Waals surface area contributed by atoms with Crippen molar-refractivity contribution in [2.75, 3.05) is 0 Å². The number of benzene rings is 1. The van der Waals surface area contributed by atoms with Gasteiger partial charge in [-0.05, 0) is 37.6 Å². The molecular weight excluding hydrogens is 377 g/mol. The number of hydrogen-bond donors (Lipinski definition) is 2. The van der Waals surface area contributed by atoms with Gasteiger partial charge in [0.2, 0.25) is 0 Å². The molecule has 3 rings (SSSR count). The lowest BCUT2D eigenvalue weighted by Gasteiger charge is -2.29. The zero-order valence-electron chi connectivity index (χ0n) is 14.4. The van der Waals surface area contributed by atoms with Crippen LogP contribution in [0.1, 0.15) is 44.0 Å². The van der Waals surface area contributed by atoms with Gasteiger partial charge >= 0.3 is 5.97 Å². The first-order valence-corrected chi connectivity index (χ1v) is 8.78. The van der Waals surface area contributed by atoms with Gasteiger partial charge in [-0.3, -0.25) is 0 Å². The van der Waals surface area contributed by atoms with E-state index in [4.69, 9.17) is 27.7 Å². The minimum absolute atomic E-state index is 0.181. The Kier molecular flexibility index (Phi) is 5.07. The number of carbonyl (C=O) groups is 1. The minimum Gasteiger partial charge on any atom is -0.478 e.